The number of nitrogens with zero attached hydrogens (tertiary/aromatic N) is 1. The molecule has 1 amide bonds. The fraction of sp³-hybridized carbons (Fsp3) is 0.238. The van der Waals surface area contributed by atoms with Crippen LogP contribution in [0.4, 0.5) is 0 Å². The van der Waals surface area contributed by atoms with Crippen molar-refractivity contribution in [3.8, 4) is 0 Å². The molecule has 0 aliphatic heterocycles. The van der Waals surface area contributed by atoms with Crippen molar-refractivity contribution in [2.75, 3.05) is 20.1 Å². The summed E-state index contributed by atoms with van der Waals surface area (Å²) in [5, 5.41) is 3.35. The van der Waals surface area contributed by atoms with Gasteiger partial charge in [-0.3, -0.25) is 9.59 Å². The predicted octanol–water partition coefficient (Wildman–Crippen LogP) is 1.82. The van der Waals surface area contributed by atoms with E-state index in [0.717, 1.165) is 9.87 Å². The van der Waals surface area contributed by atoms with Crippen molar-refractivity contribution in [1.29, 1.82) is 0 Å². The van der Waals surface area contributed by atoms with Crippen molar-refractivity contribution in [1.82, 2.24) is 14.6 Å². The van der Waals surface area contributed by atoms with Gasteiger partial charge in [0.15, 0.2) is 0 Å². The van der Waals surface area contributed by atoms with E-state index in [9.17, 15) is 18.0 Å². The molecule has 8 heteroatoms. The molecule has 0 aliphatic carbocycles. The summed E-state index contributed by atoms with van der Waals surface area (Å²) in [5.41, 5.74) is 2.57. The molecule has 0 spiro atoms. The molecule has 29 heavy (non-hydrogen) atoms. The van der Waals surface area contributed by atoms with Crippen molar-refractivity contribution in [2.45, 2.75) is 18.2 Å². The van der Waals surface area contributed by atoms with E-state index < -0.39 is 10.0 Å². The van der Waals surface area contributed by atoms with Gasteiger partial charge in [-0.2, -0.15) is 4.31 Å². The van der Waals surface area contributed by atoms with E-state index >= 15 is 0 Å². The molecule has 0 saturated carbocycles. The van der Waals surface area contributed by atoms with Crippen molar-refractivity contribution in [3.63, 3.8) is 0 Å². The van der Waals surface area contributed by atoms with Gasteiger partial charge in [-0.1, -0.05) is 29.8 Å². The minimum atomic E-state index is -3.84. The van der Waals surface area contributed by atoms with Gasteiger partial charge in [-0.15, -0.1) is 0 Å². The molecular formula is C21H23N3O4S. The number of amides is 1. The first-order chi connectivity index (χ1) is 13.8. The Morgan fingerprint density at radius 3 is 2.52 bits per heavy atom. The van der Waals surface area contributed by atoms with E-state index in [0.29, 0.717) is 23.9 Å². The number of aromatic nitrogens is 1. The van der Waals surface area contributed by atoms with Crippen molar-refractivity contribution < 1.29 is 13.2 Å². The molecule has 152 valence electrons. The molecule has 0 saturated heterocycles. The number of hydrogen-bond donors (Lipinski definition) is 2. The molecular weight excluding hydrogens is 390 g/mol. The van der Waals surface area contributed by atoms with Crippen LogP contribution in [0.1, 0.15) is 11.1 Å². The Balaban J connectivity index is 1.61. The third-order valence-electron chi connectivity index (χ3n) is 4.63. The molecule has 3 aromatic rings. The smallest absolute Gasteiger partial charge is 0.248 e. The minimum absolute atomic E-state index is 0.0620. The van der Waals surface area contributed by atoms with Crippen LogP contribution in [0.3, 0.4) is 0 Å². The van der Waals surface area contributed by atoms with Gasteiger partial charge in [-0.05, 0) is 48.6 Å². The van der Waals surface area contributed by atoms with Crippen LogP contribution in [0, 0.1) is 6.92 Å². The lowest BCUT2D eigenvalue weighted by atomic mass is 10.1. The lowest BCUT2D eigenvalue weighted by molar-refractivity contribution is -0.121. The van der Waals surface area contributed by atoms with E-state index in [4.69, 9.17) is 0 Å². The predicted molar refractivity (Wildman–Crippen MR) is 112 cm³/mol. The second-order valence-electron chi connectivity index (χ2n) is 6.92. The molecule has 0 aliphatic rings. The van der Waals surface area contributed by atoms with Crippen LogP contribution in [0.25, 0.3) is 10.9 Å². The number of sulfonamides is 1. The highest BCUT2D eigenvalue weighted by atomic mass is 32.2. The monoisotopic (exact) mass is 413 g/mol. The van der Waals surface area contributed by atoms with Crippen LogP contribution in [-0.2, 0) is 21.2 Å². The number of rotatable bonds is 7. The molecule has 7 nitrogen and oxygen atoms in total. The standard InChI is InChI=1S/C21H23N3O4S/c1-15-3-5-16(6-4-15)11-12-22-21(26)14-24(2)29(27,28)18-8-9-19-17(13-18)7-10-20(25)23-19/h3-10,13H,11-12,14H2,1-2H3,(H,22,26)(H,23,25). The summed E-state index contributed by atoms with van der Waals surface area (Å²) in [4.78, 5) is 26.2. The highest BCUT2D eigenvalue weighted by Gasteiger charge is 2.23. The summed E-state index contributed by atoms with van der Waals surface area (Å²) in [7, 11) is -2.47. The Morgan fingerprint density at radius 2 is 1.79 bits per heavy atom. The fourth-order valence-electron chi connectivity index (χ4n) is 2.92. The quantitative estimate of drug-likeness (QED) is 0.617. The van der Waals surface area contributed by atoms with Crippen LogP contribution in [0.15, 0.2) is 64.3 Å². The Bertz CT molecular complexity index is 1180. The maximum absolute atomic E-state index is 12.8. The molecule has 3 rings (SSSR count). The van der Waals surface area contributed by atoms with Gasteiger partial charge in [0, 0.05) is 25.2 Å². The number of pyridine rings is 1. The lowest BCUT2D eigenvalue weighted by Gasteiger charge is -2.17. The van der Waals surface area contributed by atoms with E-state index in [1.807, 2.05) is 31.2 Å². The molecule has 0 radical (unpaired) electrons. The number of fused-ring (bicyclic) bond motifs is 1. The Labute approximate surface area is 169 Å². The molecule has 2 aromatic carbocycles. The number of hydrogen-bond acceptors (Lipinski definition) is 4. The first kappa shape index (κ1) is 20.8. The highest BCUT2D eigenvalue weighted by Crippen LogP contribution is 2.19. The molecule has 2 N–H and O–H groups in total. The highest BCUT2D eigenvalue weighted by molar-refractivity contribution is 7.89. The summed E-state index contributed by atoms with van der Waals surface area (Å²) >= 11 is 0. The van der Waals surface area contributed by atoms with Crippen molar-refractivity contribution in [2.24, 2.45) is 0 Å². The number of aryl methyl sites for hydroxylation is 1. The molecule has 0 fully saturated rings. The molecule has 0 unspecified atom stereocenters. The number of benzene rings is 2. The minimum Gasteiger partial charge on any atom is -0.355 e. The Kier molecular flexibility index (Phi) is 6.14. The second kappa shape index (κ2) is 8.59. The Morgan fingerprint density at radius 1 is 1.07 bits per heavy atom. The van der Waals surface area contributed by atoms with Crippen molar-refractivity contribution >= 4 is 26.8 Å². The van der Waals surface area contributed by atoms with E-state index in [-0.39, 0.29) is 22.9 Å². The Hall–Kier alpha value is -2.97. The normalized spacial score (nSPS) is 11.7. The molecule has 1 aromatic heterocycles. The van der Waals surface area contributed by atoms with Crippen LogP contribution in [-0.4, -0.2) is 43.8 Å². The van der Waals surface area contributed by atoms with Gasteiger partial charge >= 0.3 is 0 Å². The van der Waals surface area contributed by atoms with Crippen LogP contribution in [0.5, 0.6) is 0 Å². The maximum atomic E-state index is 12.8. The molecule has 0 atom stereocenters. The summed E-state index contributed by atoms with van der Waals surface area (Å²) in [5.74, 6) is -0.367. The third-order valence-corrected chi connectivity index (χ3v) is 6.43. The van der Waals surface area contributed by atoms with Crippen LogP contribution in [0.2, 0.25) is 0 Å². The average Bonchev–Trinajstić information content (AvgIpc) is 2.69. The van der Waals surface area contributed by atoms with Crippen LogP contribution < -0.4 is 10.9 Å². The first-order valence-corrected chi connectivity index (χ1v) is 10.6. The molecule has 0 bridgehead atoms. The van der Waals surface area contributed by atoms with Crippen LogP contribution >= 0.6 is 0 Å². The summed E-state index contributed by atoms with van der Waals surface area (Å²) < 4.78 is 26.6. The lowest BCUT2D eigenvalue weighted by Crippen LogP contribution is -2.39. The average molecular weight is 413 g/mol. The third kappa shape index (κ3) is 5.10. The maximum Gasteiger partial charge on any atom is 0.248 e. The van der Waals surface area contributed by atoms with E-state index in [1.165, 1.54) is 30.8 Å². The summed E-state index contributed by atoms with van der Waals surface area (Å²) in [6, 6.07) is 15.4. The number of likely N-dealkylation sites (N-methyl/N-ethyl adjacent to an activating group) is 1. The first-order valence-electron chi connectivity index (χ1n) is 9.17. The largest absolute Gasteiger partial charge is 0.355 e. The number of aromatic amines is 1. The zero-order valence-electron chi connectivity index (χ0n) is 16.3. The van der Waals surface area contributed by atoms with Gasteiger partial charge in [-0.25, -0.2) is 8.42 Å². The number of H-pyrrole nitrogens is 1. The summed E-state index contributed by atoms with van der Waals surface area (Å²) in [6.07, 6.45) is 0.672. The summed E-state index contributed by atoms with van der Waals surface area (Å²) in [6.45, 7) is 2.16. The van der Waals surface area contributed by atoms with Gasteiger partial charge in [0.05, 0.1) is 11.4 Å². The van der Waals surface area contributed by atoms with E-state index in [2.05, 4.69) is 10.3 Å². The van der Waals surface area contributed by atoms with Gasteiger partial charge in [0.2, 0.25) is 21.5 Å². The van der Waals surface area contributed by atoms with Gasteiger partial charge in [0.1, 0.15) is 0 Å². The fourth-order valence-corrected chi connectivity index (χ4v) is 4.08. The van der Waals surface area contributed by atoms with Gasteiger partial charge in [0.25, 0.3) is 0 Å². The van der Waals surface area contributed by atoms with Crippen molar-refractivity contribution in [3.05, 3.63) is 76.1 Å². The number of nitrogens with one attached hydrogen (secondary N) is 2. The number of carbonyl (C=O) groups is 1. The zero-order chi connectivity index (χ0) is 21.0. The zero-order valence-corrected chi connectivity index (χ0v) is 17.1. The van der Waals surface area contributed by atoms with Gasteiger partial charge < -0.3 is 10.3 Å². The number of carbonyl (C=O) groups excluding carboxylic acids is 1. The SMILES string of the molecule is Cc1ccc(CCNC(=O)CN(C)S(=O)(=O)c2ccc3[nH]c(=O)ccc3c2)cc1. The topological polar surface area (TPSA) is 99.3 Å². The molecule has 1 heterocycles. The van der Waals surface area contributed by atoms with E-state index in [1.54, 1.807) is 12.1 Å². The second-order valence-corrected chi connectivity index (χ2v) is 8.96.